The van der Waals surface area contributed by atoms with Crippen molar-refractivity contribution in [3.05, 3.63) is 0 Å². The van der Waals surface area contributed by atoms with Gasteiger partial charge in [-0.2, -0.15) is 0 Å². The van der Waals surface area contributed by atoms with E-state index in [0.717, 1.165) is 0 Å². The van der Waals surface area contributed by atoms with Crippen LogP contribution in [0.15, 0.2) is 0 Å². The summed E-state index contributed by atoms with van der Waals surface area (Å²) < 4.78 is 0. The van der Waals surface area contributed by atoms with Gasteiger partial charge in [-0.05, 0) is 11.5 Å². The Balaban J connectivity index is 3.15. The van der Waals surface area contributed by atoms with Crippen LogP contribution in [0.3, 0.4) is 0 Å². The molecule has 0 rings (SSSR count). The fraction of sp³-hybridized carbons (Fsp3) is 1.00. The van der Waals surface area contributed by atoms with E-state index in [0.29, 0.717) is 5.41 Å². The quantitative estimate of drug-likeness (QED) is 0.428. The molecule has 0 aromatic carbocycles. The van der Waals surface area contributed by atoms with Crippen LogP contribution in [0, 0.1) is 5.41 Å². The molecule has 0 saturated heterocycles. The van der Waals surface area contributed by atoms with Crippen molar-refractivity contribution in [1.29, 1.82) is 0 Å². The van der Waals surface area contributed by atoms with Crippen LogP contribution in [0.5, 0.6) is 0 Å². The van der Waals surface area contributed by atoms with Crippen LogP contribution in [-0.4, -0.2) is 8.14 Å². The zero-order valence-corrected chi connectivity index (χ0v) is 8.29. The molecule has 0 atom stereocenters. The van der Waals surface area contributed by atoms with Crippen molar-refractivity contribution in [3.63, 3.8) is 0 Å². The zero-order valence-electron chi connectivity index (χ0n) is 5.29. The van der Waals surface area contributed by atoms with Crippen LogP contribution in [0.2, 0.25) is 6.04 Å². The van der Waals surface area contributed by atoms with Crippen molar-refractivity contribution in [1.82, 2.24) is 0 Å². The Morgan fingerprint density at radius 2 is 1.86 bits per heavy atom. The van der Waals surface area contributed by atoms with E-state index in [2.05, 4.69) is 36.1 Å². The molecule has 44 valence electrons. The normalized spacial score (nSPS) is 13.7. The Morgan fingerprint density at radius 1 is 1.43 bits per heavy atom. The number of rotatable bonds is 1. The molecule has 0 heterocycles. The lowest BCUT2D eigenvalue weighted by Crippen LogP contribution is -2.04. The van der Waals surface area contributed by atoms with Gasteiger partial charge in [-0.3, -0.25) is 0 Å². The predicted molar refractivity (Wildman–Crippen MR) is 41.7 cm³/mol. The molecule has 0 N–H and O–H groups in total. The molecule has 0 radical (unpaired) electrons. The van der Waals surface area contributed by atoms with E-state index in [-0.39, 0.29) is 8.14 Å². The SMILES string of the molecule is CC(C)(C)C[SiH2]Br. The van der Waals surface area contributed by atoms with Gasteiger partial charge in [0.25, 0.3) is 0 Å². The predicted octanol–water partition coefficient (Wildman–Crippen LogP) is 1.93. The van der Waals surface area contributed by atoms with Gasteiger partial charge in [0.1, 0.15) is 0 Å². The summed E-state index contributed by atoms with van der Waals surface area (Å²) in [5, 5.41) is 0. The Morgan fingerprint density at radius 3 is 1.86 bits per heavy atom. The van der Waals surface area contributed by atoms with E-state index >= 15 is 0 Å². The molecule has 0 aromatic rings. The Kier molecular flexibility index (Phi) is 3.16. The van der Waals surface area contributed by atoms with Gasteiger partial charge in [0, 0.05) is 0 Å². The molecule has 0 fully saturated rings. The number of hydrogen-bond donors (Lipinski definition) is 0. The van der Waals surface area contributed by atoms with Crippen LogP contribution in [-0.2, 0) is 0 Å². The van der Waals surface area contributed by atoms with E-state index < -0.39 is 0 Å². The molecule has 0 unspecified atom stereocenters. The van der Waals surface area contributed by atoms with Gasteiger partial charge in [-0.15, -0.1) is 15.3 Å². The Bertz CT molecular complexity index is 46.5. The minimum absolute atomic E-state index is 0.122. The minimum Gasteiger partial charge on any atom is -0.135 e. The van der Waals surface area contributed by atoms with Crippen LogP contribution >= 0.6 is 15.3 Å². The lowest BCUT2D eigenvalue weighted by atomic mass is 10.0. The summed E-state index contributed by atoms with van der Waals surface area (Å²) in [6.45, 7) is 6.84. The molecule has 0 aliphatic heterocycles. The molecule has 0 spiro atoms. The second kappa shape index (κ2) is 2.87. The molecule has 0 aromatic heterocycles. The van der Waals surface area contributed by atoms with Crippen LogP contribution in [0.1, 0.15) is 20.8 Å². The van der Waals surface area contributed by atoms with Crippen molar-refractivity contribution in [2.45, 2.75) is 26.8 Å². The summed E-state index contributed by atoms with van der Waals surface area (Å²) in [5.74, 6) is 0. The van der Waals surface area contributed by atoms with Crippen molar-refractivity contribution in [3.8, 4) is 0 Å². The third kappa shape index (κ3) is 6.70. The molecular formula is C5H13BrSi. The highest BCUT2D eigenvalue weighted by molar-refractivity contribution is 9.23. The molecule has 0 aliphatic rings. The maximum Gasteiger partial charge on any atom is 0.0990 e. The van der Waals surface area contributed by atoms with Gasteiger partial charge >= 0.3 is 0 Å². The van der Waals surface area contributed by atoms with E-state index in [1.54, 1.807) is 0 Å². The van der Waals surface area contributed by atoms with Crippen molar-refractivity contribution < 1.29 is 0 Å². The monoisotopic (exact) mass is 180 g/mol. The summed E-state index contributed by atoms with van der Waals surface area (Å²) >= 11 is 3.52. The van der Waals surface area contributed by atoms with E-state index in [1.165, 1.54) is 6.04 Å². The number of hydrogen-bond acceptors (Lipinski definition) is 0. The average molecular weight is 181 g/mol. The number of halogens is 1. The second-order valence-corrected chi connectivity index (χ2v) is 6.26. The van der Waals surface area contributed by atoms with Gasteiger partial charge in [0.15, 0.2) is 0 Å². The van der Waals surface area contributed by atoms with Gasteiger partial charge in [0.2, 0.25) is 0 Å². The Labute approximate surface area is 56.1 Å². The molecule has 0 amide bonds. The molecular weight excluding hydrogens is 168 g/mol. The molecule has 2 heteroatoms. The first-order chi connectivity index (χ1) is 3.06. The van der Waals surface area contributed by atoms with Crippen LogP contribution in [0.25, 0.3) is 0 Å². The third-order valence-corrected chi connectivity index (χ3v) is 3.72. The zero-order chi connectivity index (χ0) is 5.91. The van der Waals surface area contributed by atoms with Crippen LogP contribution in [0.4, 0.5) is 0 Å². The minimum atomic E-state index is 0.122. The topological polar surface area (TPSA) is 0 Å². The van der Waals surface area contributed by atoms with E-state index in [9.17, 15) is 0 Å². The van der Waals surface area contributed by atoms with E-state index in [1.807, 2.05) is 0 Å². The van der Waals surface area contributed by atoms with Crippen molar-refractivity contribution >= 4 is 23.4 Å². The first-order valence-electron chi connectivity index (χ1n) is 2.62. The third-order valence-electron chi connectivity index (χ3n) is 0.844. The first kappa shape index (κ1) is 7.70. The molecule has 0 bridgehead atoms. The second-order valence-electron chi connectivity index (χ2n) is 3.00. The van der Waals surface area contributed by atoms with Crippen LogP contribution < -0.4 is 0 Å². The summed E-state index contributed by atoms with van der Waals surface area (Å²) in [4.78, 5) is 0. The van der Waals surface area contributed by atoms with Crippen molar-refractivity contribution in [2.75, 3.05) is 0 Å². The largest absolute Gasteiger partial charge is 0.135 e. The summed E-state index contributed by atoms with van der Waals surface area (Å²) in [6, 6.07) is 1.40. The average Bonchev–Trinajstić information content (AvgIpc) is 1.30. The highest BCUT2D eigenvalue weighted by Crippen LogP contribution is 2.18. The Hall–Kier alpha value is 0.697. The fourth-order valence-corrected chi connectivity index (χ4v) is 4.42. The molecule has 0 aliphatic carbocycles. The first-order valence-corrected chi connectivity index (χ1v) is 7.52. The standard InChI is InChI=1S/C5H13BrSi/c1-5(2,3)4-7-6/h4,7H2,1-3H3. The summed E-state index contributed by atoms with van der Waals surface area (Å²) in [5.41, 5.74) is 0.565. The van der Waals surface area contributed by atoms with Gasteiger partial charge in [-0.1, -0.05) is 20.8 Å². The fourth-order valence-electron chi connectivity index (χ4n) is 0.283. The lowest BCUT2D eigenvalue weighted by Gasteiger charge is -2.14. The van der Waals surface area contributed by atoms with Gasteiger partial charge in [0.05, 0.1) is 8.14 Å². The summed E-state index contributed by atoms with van der Waals surface area (Å²) in [6.07, 6.45) is 0. The highest BCUT2D eigenvalue weighted by Gasteiger charge is 2.07. The molecule has 7 heavy (non-hydrogen) atoms. The van der Waals surface area contributed by atoms with Crippen molar-refractivity contribution in [2.24, 2.45) is 5.41 Å². The lowest BCUT2D eigenvalue weighted by molar-refractivity contribution is 0.469. The molecule has 0 saturated carbocycles. The van der Waals surface area contributed by atoms with E-state index in [4.69, 9.17) is 0 Å². The highest BCUT2D eigenvalue weighted by atomic mass is 79.9. The maximum absolute atomic E-state index is 3.52. The maximum atomic E-state index is 3.52. The van der Waals surface area contributed by atoms with Gasteiger partial charge < -0.3 is 0 Å². The molecule has 0 nitrogen and oxygen atoms in total. The van der Waals surface area contributed by atoms with Gasteiger partial charge in [-0.25, -0.2) is 0 Å². The smallest absolute Gasteiger partial charge is 0.0990 e. The summed E-state index contributed by atoms with van der Waals surface area (Å²) in [7, 11) is 0.122.